The molecule has 1 nitrogen and oxygen atoms in total. The normalized spacial score (nSPS) is 13.9. The molecule has 0 aromatic rings. The Labute approximate surface area is 64.1 Å². The first-order valence-electron chi connectivity index (χ1n) is 3.71. The molecule has 0 aliphatic rings. The number of allylic oxidation sites excluding steroid dienone is 1. The van der Waals surface area contributed by atoms with Gasteiger partial charge in [-0.15, -0.1) is 0 Å². The monoisotopic (exact) mass is 142 g/mol. The van der Waals surface area contributed by atoms with E-state index in [4.69, 9.17) is 4.74 Å². The molecular formula is C9H18O. The molecule has 0 saturated heterocycles. The third kappa shape index (κ3) is 5.83. The summed E-state index contributed by atoms with van der Waals surface area (Å²) in [7, 11) is 0. The van der Waals surface area contributed by atoms with Gasteiger partial charge < -0.3 is 4.74 Å². The number of rotatable bonds is 2. The van der Waals surface area contributed by atoms with Crippen LogP contribution in [0.2, 0.25) is 0 Å². The Kier molecular flexibility index (Phi) is 3.66. The van der Waals surface area contributed by atoms with Gasteiger partial charge in [0.05, 0.1) is 12.2 Å². The molecule has 10 heavy (non-hydrogen) atoms. The van der Waals surface area contributed by atoms with E-state index in [-0.39, 0.29) is 5.60 Å². The molecule has 0 amide bonds. The Morgan fingerprint density at radius 2 is 1.90 bits per heavy atom. The van der Waals surface area contributed by atoms with E-state index in [1.54, 1.807) is 0 Å². The third-order valence-corrected chi connectivity index (χ3v) is 1.23. The summed E-state index contributed by atoms with van der Waals surface area (Å²) in [6.45, 7) is 11.1. The van der Waals surface area contributed by atoms with Crippen LogP contribution >= 0.6 is 0 Å². The van der Waals surface area contributed by atoms with Crippen molar-refractivity contribution in [2.75, 3.05) is 6.61 Å². The molecule has 0 spiro atoms. The fourth-order valence-corrected chi connectivity index (χ4v) is 0.414. The lowest BCUT2D eigenvalue weighted by Gasteiger charge is -2.19. The minimum absolute atomic E-state index is 0.00965. The summed E-state index contributed by atoms with van der Waals surface area (Å²) in [4.78, 5) is 0. The highest BCUT2D eigenvalue weighted by Crippen LogP contribution is 2.08. The standard InChI is InChI=1S/C9H18O/c1-6-8(2)7-10-9(3,4)5/h6H,7H2,1-5H3/b8-6+. The summed E-state index contributed by atoms with van der Waals surface area (Å²) in [5, 5.41) is 0. The summed E-state index contributed by atoms with van der Waals surface area (Å²) >= 11 is 0. The molecule has 0 aliphatic heterocycles. The molecule has 0 bridgehead atoms. The van der Waals surface area contributed by atoms with Gasteiger partial charge in [0.1, 0.15) is 0 Å². The molecule has 0 atom stereocenters. The van der Waals surface area contributed by atoms with Crippen molar-refractivity contribution in [1.29, 1.82) is 0 Å². The summed E-state index contributed by atoms with van der Waals surface area (Å²) in [6, 6.07) is 0. The van der Waals surface area contributed by atoms with Crippen LogP contribution in [0.3, 0.4) is 0 Å². The molecule has 0 aromatic heterocycles. The van der Waals surface area contributed by atoms with Crippen LogP contribution in [0.25, 0.3) is 0 Å². The lowest BCUT2D eigenvalue weighted by molar-refractivity contribution is 0.0111. The smallest absolute Gasteiger partial charge is 0.0681 e. The van der Waals surface area contributed by atoms with Crippen LogP contribution in [0.15, 0.2) is 11.6 Å². The molecule has 0 unspecified atom stereocenters. The summed E-state index contributed by atoms with van der Waals surface area (Å²) in [6.07, 6.45) is 2.08. The summed E-state index contributed by atoms with van der Waals surface area (Å²) in [5.74, 6) is 0. The quantitative estimate of drug-likeness (QED) is 0.539. The van der Waals surface area contributed by atoms with Gasteiger partial charge in [0.2, 0.25) is 0 Å². The zero-order chi connectivity index (χ0) is 8.20. The topological polar surface area (TPSA) is 9.23 Å². The highest BCUT2D eigenvalue weighted by Gasteiger charge is 2.08. The van der Waals surface area contributed by atoms with Crippen molar-refractivity contribution in [1.82, 2.24) is 0 Å². The molecule has 1 heteroatoms. The van der Waals surface area contributed by atoms with Gasteiger partial charge in [-0.25, -0.2) is 0 Å². The van der Waals surface area contributed by atoms with Gasteiger partial charge >= 0.3 is 0 Å². The van der Waals surface area contributed by atoms with E-state index in [1.165, 1.54) is 5.57 Å². The molecule has 0 aliphatic carbocycles. The summed E-state index contributed by atoms with van der Waals surface area (Å²) < 4.78 is 5.51. The predicted molar refractivity (Wildman–Crippen MR) is 45.1 cm³/mol. The maximum Gasteiger partial charge on any atom is 0.0681 e. The van der Waals surface area contributed by atoms with Crippen molar-refractivity contribution < 1.29 is 4.74 Å². The molecule has 0 aromatic carbocycles. The van der Waals surface area contributed by atoms with Crippen LogP contribution in [0.5, 0.6) is 0 Å². The predicted octanol–water partition coefficient (Wildman–Crippen LogP) is 2.77. The zero-order valence-corrected chi connectivity index (χ0v) is 7.69. The second kappa shape index (κ2) is 3.77. The average Bonchev–Trinajstić information content (AvgIpc) is 1.81. The zero-order valence-electron chi connectivity index (χ0n) is 7.69. The molecule has 0 N–H and O–H groups in total. The van der Waals surface area contributed by atoms with Crippen LogP contribution in [0, 0.1) is 0 Å². The first kappa shape index (κ1) is 9.70. The Morgan fingerprint density at radius 1 is 1.40 bits per heavy atom. The fraction of sp³-hybridized carbons (Fsp3) is 0.778. The molecule has 0 rings (SSSR count). The van der Waals surface area contributed by atoms with Crippen LogP contribution in [0.4, 0.5) is 0 Å². The SMILES string of the molecule is C/C=C(\C)COC(C)(C)C. The Hall–Kier alpha value is -0.300. The maximum absolute atomic E-state index is 5.51. The molecule has 0 radical (unpaired) electrons. The third-order valence-electron chi connectivity index (χ3n) is 1.23. The maximum atomic E-state index is 5.51. The van der Waals surface area contributed by atoms with Crippen LogP contribution < -0.4 is 0 Å². The van der Waals surface area contributed by atoms with Crippen LogP contribution in [-0.2, 0) is 4.74 Å². The Balaban J connectivity index is 3.56. The largest absolute Gasteiger partial charge is 0.372 e. The minimum Gasteiger partial charge on any atom is -0.372 e. The summed E-state index contributed by atoms with van der Waals surface area (Å²) in [5.41, 5.74) is 1.28. The average molecular weight is 142 g/mol. The van der Waals surface area contributed by atoms with Crippen molar-refractivity contribution in [3.05, 3.63) is 11.6 Å². The van der Waals surface area contributed by atoms with Crippen molar-refractivity contribution in [3.8, 4) is 0 Å². The Bertz CT molecular complexity index is 117. The van der Waals surface area contributed by atoms with Crippen LogP contribution in [0.1, 0.15) is 34.6 Å². The number of ether oxygens (including phenoxy) is 1. The van der Waals surface area contributed by atoms with E-state index >= 15 is 0 Å². The van der Waals surface area contributed by atoms with Crippen molar-refractivity contribution in [3.63, 3.8) is 0 Å². The van der Waals surface area contributed by atoms with Crippen molar-refractivity contribution in [2.45, 2.75) is 40.2 Å². The van der Waals surface area contributed by atoms with Gasteiger partial charge in [-0.2, -0.15) is 0 Å². The molecule has 0 fully saturated rings. The van der Waals surface area contributed by atoms with Gasteiger partial charge in [0, 0.05) is 0 Å². The first-order chi connectivity index (χ1) is 4.45. The van der Waals surface area contributed by atoms with Gasteiger partial charge in [0.25, 0.3) is 0 Å². The number of hydrogen-bond acceptors (Lipinski definition) is 1. The highest BCUT2D eigenvalue weighted by molar-refractivity contribution is 4.95. The van der Waals surface area contributed by atoms with Gasteiger partial charge in [0.15, 0.2) is 0 Å². The van der Waals surface area contributed by atoms with E-state index in [2.05, 4.69) is 33.8 Å². The lowest BCUT2D eigenvalue weighted by Crippen LogP contribution is -2.20. The molecule has 0 saturated carbocycles. The van der Waals surface area contributed by atoms with Gasteiger partial charge in [-0.05, 0) is 34.6 Å². The van der Waals surface area contributed by atoms with E-state index in [9.17, 15) is 0 Å². The van der Waals surface area contributed by atoms with E-state index in [0.717, 1.165) is 6.61 Å². The Morgan fingerprint density at radius 3 is 2.20 bits per heavy atom. The molecular weight excluding hydrogens is 124 g/mol. The fourth-order valence-electron chi connectivity index (χ4n) is 0.414. The highest BCUT2D eigenvalue weighted by atomic mass is 16.5. The van der Waals surface area contributed by atoms with Crippen molar-refractivity contribution >= 4 is 0 Å². The number of hydrogen-bond donors (Lipinski definition) is 0. The van der Waals surface area contributed by atoms with Crippen molar-refractivity contribution in [2.24, 2.45) is 0 Å². The second-order valence-corrected chi connectivity index (χ2v) is 3.54. The first-order valence-corrected chi connectivity index (χ1v) is 3.71. The van der Waals surface area contributed by atoms with E-state index in [0.29, 0.717) is 0 Å². The minimum atomic E-state index is -0.00965. The second-order valence-electron chi connectivity index (χ2n) is 3.54. The van der Waals surface area contributed by atoms with Crippen LogP contribution in [-0.4, -0.2) is 12.2 Å². The van der Waals surface area contributed by atoms with Gasteiger partial charge in [-0.3, -0.25) is 0 Å². The molecule has 60 valence electrons. The van der Waals surface area contributed by atoms with Gasteiger partial charge in [-0.1, -0.05) is 11.6 Å². The molecule has 0 heterocycles. The van der Waals surface area contributed by atoms with E-state index in [1.807, 2.05) is 6.92 Å². The van der Waals surface area contributed by atoms with E-state index < -0.39 is 0 Å². The lowest BCUT2D eigenvalue weighted by atomic mass is 10.2.